The average molecular weight is 610 g/mol. The van der Waals surface area contributed by atoms with Gasteiger partial charge in [-0.1, -0.05) is 0 Å². The molecule has 40 heavy (non-hydrogen) atoms. The quantitative estimate of drug-likeness (QED) is 0.0858. The molecule has 0 radical (unpaired) electrons. The third-order valence-electron chi connectivity index (χ3n) is 6.87. The molecule has 0 aromatic rings. The Kier molecular flexibility index (Phi) is 11.2. The van der Waals surface area contributed by atoms with Crippen LogP contribution in [0.4, 0.5) is 0 Å². The summed E-state index contributed by atoms with van der Waals surface area (Å²) in [5.41, 5.74) is 0. The second-order valence-corrected chi connectivity index (χ2v) is 11.3. The van der Waals surface area contributed by atoms with Crippen molar-refractivity contribution in [2.24, 2.45) is 0 Å². The molecule has 19 nitrogen and oxygen atoms in total. The summed E-state index contributed by atoms with van der Waals surface area (Å²) in [6, 6.07) is -1.54. The fourth-order valence-electron chi connectivity index (χ4n) is 4.77. The van der Waals surface area contributed by atoms with Crippen LogP contribution in [-0.2, 0) is 42.9 Å². The minimum absolute atomic E-state index is 0.722. The molecule has 3 saturated heterocycles. The number of aliphatic hydroxyl groups excluding tert-OH is 8. The Morgan fingerprint density at radius 1 is 0.800 bits per heavy atom. The monoisotopic (exact) mass is 609 g/mol. The lowest BCUT2D eigenvalue weighted by atomic mass is 9.94. The maximum absolute atomic E-state index is 12.2. The van der Waals surface area contributed by atoms with Gasteiger partial charge in [-0.25, -0.2) is 5.26 Å². The second kappa shape index (κ2) is 13.4. The van der Waals surface area contributed by atoms with E-state index in [0.717, 1.165) is 6.92 Å². The minimum atomic E-state index is -5.08. The lowest BCUT2D eigenvalue weighted by molar-refractivity contribution is -0.364. The van der Waals surface area contributed by atoms with Gasteiger partial charge in [0.25, 0.3) is 0 Å². The fraction of sp³-hybridized carbons (Fsp3) is 0.950. The summed E-state index contributed by atoms with van der Waals surface area (Å²) in [6.45, 7) is 0.512. The van der Waals surface area contributed by atoms with E-state index in [9.17, 15) is 54.1 Å². The standard InChI is InChI=1S/C20H35NO18S/c1-5-10(25)12(27)13(28)19(34-5)38-16-9(21-6(2)24)18(30)35-8(4-23)15(16)37-20-14(29)17(40(32,33)39-31)11(26)7(3-22)36-20/h5,7-20,22-23,25-31H,3-4H2,1-2H3,(H,21,24)/t5-,7-,8-,9-,10+,11+,12+,13-,14-,15-,16-,17+,18-,19-,20+/m1/s1. The number of amides is 1. The van der Waals surface area contributed by atoms with E-state index in [0.29, 0.717) is 0 Å². The summed E-state index contributed by atoms with van der Waals surface area (Å²) < 4.78 is 55.4. The first kappa shape index (κ1) is 33.3. The first-order valence-corrected chi connectivity index (χ1v) is 13.6. The number of carbonyl (C=O) groups excluding carboxylic acids is 1. The molecule has 0 aromatic carbocycles. The van der Waals surface area contributed by atoms with Crippen molar-refractivity contribution in [3.8, 4) is 0 Å². The molecule has 1 amide bonds. The Labute approximate surface area is 227 Å². The minimum Gasteiger partial charge on any atom is -0.394 e. The molecule has 3 fully saturated rings. The molecular weight excluding hydrogens is 574 g/mol. The highest BCUT2D eigenvalue weighted by atomic mass is 32.2. The number of nitrogens with one attached hydrogen (secondary N) is 1. The van der Waals surface area contributed by atoms with E-state index >= 15 is 0 Å². The summed E-state index contributed by atoms with van der Waals surface area (Å²) in [5, 5.41) is 90.6. The van der Waals surface area contributed by atoms with Gasteiger partial charge in [0.05, 0.1) is 19.3 Å². The van der Waals surface area contributed by atoms with E-state index in [1.165, 1.54) is 6.92 Å². The molecule has 0 aliphatic carbocycles. The zero-order chi connectivity index (χ0) is 30.1. The summed E-state index contributed by atoms with van der Waals surface area (Å²) in [6.07, 6.45) is -23.0. The summed E-state index contributed by atoms with van der Waals surface area (Å²) in [5.74, 6) is -0.722. The predicted octanol–water partition coefficient (Wildman–Crippen LogP) is -6.57. The van der Waals surface area contributed by atoms with Crippen LogP contribution in [-0.4, -0.2) is 165 Å². The highest BCUT2D eigenvalue weighted by molar-refractivity contribution is 7.87. The number of carbonyl (C=O) groups is 1. The molecular formula is C20H35NO18S. The number of rotatable bonds is 9. The van der Waals surface area contributed by atoms with Gasteiger partial charge in [0, 0.05) is 6.92 Å². The molecule has 0 bridgehead atoms. The molecule has 20 heteroatoms. The van der Waals surface area contributed by atoms with Crippen LogP contribution < -0.4 is 5.32 Å². The van der Waals surface area contributed by atoms with Gasteiger partial charge < -0.3 is 69.9 Å². The van der Waals surface area contributed by atoms with Crippen LogP contribution in [0.15, 0.2) is 0 Å². The van der Waals surface area contributed by atoms with Crippen LogP contribution in [0, 0.1) is 0 Å². The second-order valence-electron chi connectivity index (χ2n) is 9.60. The van der Waals surface area contributed by atoms with Crippen LogP contribution in [0.25, 0.3) is 0 Å². The van der Waals surface area contributed by atoms with E-state index in [-0.39, 0.29) is 0 Å². The van der Waals surface area contributed by atoms with E-state index in [1.807, 2.05) is 0 Å². The van der Waals surface area contributed by atoms with Crippen LogP contribution >= 0.6 is 0 Å². The van der Waals surface area contributed by atoms with E-state index in [2.05, 4.69) is 9.65 Å². The van der Waals surface area contributed by atoms with Crippen molar-refractivity contribution in [3.05, 3.63) is 0 Å². The highest BCUT2D eigenvalue weighted by Gasteiger charge is 2.56. The van der Waals surface area contributed by atoms with E-state index in [4.69, 9.17) is 28.9 Å². The van der Waals surface area contributed by atoms with Crippen molar-refractivity contribution >= 4 is 16.0 Å². The predicted molar refractivity (Wildman–Crippen MR) is 122 cm³/mol. The Bertz CT molecular complexity index is 956. The van der Waals surface area contributed by atoms with Gasteiger partial charge in [0.1, 0.15) is 66.2 Å². The van der Waals surface area contributed by atoms with Crippen molar-refractivity contribution in [2.45, 2.75) is 105 Å². The smallest absolute Gasteiger partial charge is 0.301 e. The van der Waals surface area contributed by atoms with Gasteiger partial charge >= 0.3 is 10.1 Å². The van der Waals surface area contributed by atoms with Crippen LogP contribution in [0.5, 0.6) is 0 Å². The fourth-order valence-corrected chi connectivity index (χ4v) is 5.86. The molecule has 0 spiro atoms. The first-order chi connectivity index (χ1) is 18.7. The Balaban J connectivity index is 1.99. The summed E-state index contributed by atoms with van der Waals surface area (Å²) in [4.78, 5) is 11.9. The normalized spacial score (nSPS) is 46.6. The summed E-state index contributed by atoms with van der Waals surface area (Å²) >= 11 is 0. The van der Waals surface area contributed by atoms with Crippen molar-refractivity contribution in [1.82, 2.24) is 5.32 Å². The molecule has 0 saturated carbocycles. The van der Waals surface area contributed by atoms with Gasteiger partial charge in [-0.2, -0.15) is 8.42 Å². The maximum atomic E-state index is 12.2. The molecule has 3 aliphatic rings. The van der Waals surface area contributed by atoms with Crippen molar-refractivity contribution < 1.29 is 87.3 Å². The topological polar surface area (TPSA) is 301 Å². The Morgan fingerprint density at radius 2 is 1.38 bits per heavy atom. The molecule has 0 aromatic heterocycles. The van der Waals surface area contributed by atoms with Crippen LogP contribution in [0.3, 0.4) is 0 Å². The molecule has 3 rings (SSSR count). The zero-order valence-corrected chi connectivity index (χ0v) is 22.0. The number of hydrogen-bond donors (Lipinski definition) is 10. The third kappa shape index (κ3) is 6.72. The van der Waals surface area contributed by atoms with Crippen molar-refractivity contribution in [1.29, 1.82) is 0 Å². The molecule has 234 valence electrons. The lowest BCUT2D eigenvalue weighted by Gasteiger charge is -2.49. The van der Waals surface area contributed by atoms with Crippen molar-refractivity contribution in [2.75, 3.05) is 13.2 Å². The van der Waals surface area contributed by atoms with Gasteiger partial charge in [-0.05, 0) is 6.92 Å². The molecule has 3 aliphatic heterocycles. The highest BCUT2D eigenvalue weighted by Crippen LogP contribution is 2.34. The van der Waals surface area contributed by atoms with Crippen LogP contribution in [0.1, 0.15) is 13.8 Å². The van der Waals surface area contributed by atoms with E-state index < -0.39 is 120 Å². The van der Waals surface area contributed by atoms with Gasteiger partial charge in [-0.15, -0.1) is 4.33 Å². The number of ether oxygens (including phenoxy) is 5. The maximum Gasteiger partial charge on any atom is 0.301 e. The Morgan fingerprint density at radius 3 is 1.93 bits per heavy atom. The Hall–Kier alpha value is -1.18. The summed E-state index contributed by atoms with van der Waals surface area (Å²) in [7, 11) is -5.08. The van der Waals surface area contributed by atoms with Gasteiger partial charge in [0.2, 0.25) is 5.91 Å². The van der Waals surface area contributed by atoms with Crippen LogP contribution in [0.2, 0.25) is 0 Å². The third-order valence-corrected chi connectivity index (χ3v) is 8.30. The molecule has 15 atom stereocenters. The largest absolute Gasteiger partial charge is 0.394 e. The van der Waals surface area contributed by atoms with E-state index in [1.54, 1.807) is 0 Å². The van der Waals surface area contributed by atoms with Crippen molar-refractivity contribution in [3.63, 3.8) is 0 Å². The first-order valence-electron chi connectivity index (χ1n) is 12.1. The number of aliphatic hydroxyl groups is 8. The number of hydrogen-bond acceptors (Lipinski definition) is 18. The van der Waals surface area contributed by atoms with Gasteiger partial charge in [0.15, 0.2) is 18.9 Å². The molecule has 10 N–H and O–H groups in total. The average Bonchev–Trinajstić information content (AvgIpc) is 2.90. The molecule has 0 unspecified atom stereocenters. The van der Waals surface area contributed by atoms with Gasteiger partial charge in [-0.3, -0.25) is 4.79 Å². The zero-order valence-electron chi connectivity index (χ0n) is 21.2. The lowest BCUT2D eigenvalue weighted by Crippen LogP contribution is -2.69. The SMILES string of the molecule is CC(=O)N[C@@H]1[C@@H](O[C@H]2O[C@H](C)[C@H](O)[C@H](O)[C@H]2O)[C@H](O[C@@H]2O[C@H](CO)[C@H](O)[C@H](S(=O)(=O)OO)[C@H]2O)[C@@H](CO)O[C@H]1O. The molecule has 3 heterocycles.